The van der Waals surface area contributed by atoms with Gasteiger partial charge in [0.05, 0.1) is 5.75 Å². The van der Waals surface area contributed by atoms with Crippen molar-refractivity contribution in [1.82, 2.24) is 5.32 Å². The molecule has 5 heteroatoms. The number of thiophene rings is 1. The Hall–Kier alpha value is -0.390. The van der Waals surface area contributed by atoms with Gasteiger partial charge in [-0.25, -0.2) is 8.42 Å². The van der Waals surface area contributed by atoms with Crippen LogP contribution >= 0.6 is 11.3 Å². The summed E-state index contributed by atoms with van der Waals surface area (Å²) in [6.45, 7) is 2.88. The third kappa shape index (κ3) is 3.33. The van der Waals surface area contributed by atoms with Gasteiger partial charge in [0.2, 0.25) is 0 Å². The Morgan fingerprint density at radius 2 is 2.17 bits per heavy atom. The minimum atomic E-state index is -3.12. The van der Waals surface area contributed by atoms with Crippen LogP contribution in [0.4, 0.5) is 0 Å². The average molecular weight is 287 g/mol. The van der Waals surface area contributed by atoms with Crippen molar-refractivity contribution in [1.29, 1.82) is 0 Å². The molecule has 0 bridgehead atoms. The summed E-state index contributed by atoms with van der Waals surface area (Å²) in [5.74, 6) is 0.770. The third-order valence-electron chi connectivity index (χ3n) is 3.64. The van der Waals surface area contributed by atoms with Gasteiger partial charge in [-0.15, -0.1) is 11.3 Å². The van der Waals surface area contributed by atoms with Gasteiger partial charge in [-0.05, 0) is 36.8 Å². The second-order valence-electron chi connectivity index (χ2n) is 4.92. The molecular formula is C13H21NO2S2. The van der Waals surface area contributed by atoms with Crippen molar-refractivity contribution in [2.75, 3.05) is 12.3 Å². The van der Waals surface area contributed by atoms with Crippen LogP contribution in [0.3, 0.4) is 0 Å². The van der Waals surface area contributed by atoms with Crippen LogP contribution in [0, 0.1) is 5.92 Å². The first-order valence-corrected chi connectivity index (χ1v) is 9.16. The maximum Gasteiger partial charge on any atom is 0.189 e. The van der Waals surface area contributed by atoms with Gasteiger partial charge in [0, 0.05) is 6.04 Å². The Labute approximate surface area is 114 Å². The summed E-state index contributed by atoms with van der Waals surface area (Å²) < 4.78 is 25.1. The number of sulfone groups is 1. The lowest BCUT2D eigenvalue weighted by Crippen LogP contribution is -2.40. The zero-order valence-corrected chi connectivity index (χ0v) is 12.4. The van der Waals surface area contributed by atoms with Crippen molar-refractivity contribution < 1.29 is 8.42 Å². The predicted octanol–water partition coefficient (Wildman–Crippen LogP) is 2.69. The van der Waals surface area contributed by atoms with Crippen LogP contribution in [0.15, 0.2) is 21.7 Å². The van der Waals surface area contributed by atoms with E-state index in [0.29, 0.717) is 10.1 Å². The smallest absolute Gasteiger partial charge is 0.189 e. The summed E-state index contributed by atoms with van der Waals surface area (Å²) in [7, 11) is -3.12. The molecule has 18 heavy (non-hydrogen) atoms. The van der Waals surface area contributed by atoms with Crippen LogP contribution in [-0.2, 0) is 9.84 Å². The molecule has 0 radical (unpaired) electrons. The van der Waals surface area contributed by atoms with E-state index in [0.717, 1.165) is 19.4 Å². The summed E-state index contributed by atoms with van der Waals surface area (Å²) in [6.07, 6.45) is 4.81. The Kier molecular flexibility index (Phi) is 4.81. The minimum Gasteiger partial charge on any atom is -0.313 e. The molecule has 1 N–H and O–H groups in total. The fourth-order valence-corrected chi connectivity index (χ4v) is 5.46. The number of hydrogen-bond acceptors (Lipinski definition) is 4. The Bertz CT molecular complexity index is 447. The number of hydrogen-bond donors (Lipinski definition) is 1. The molecule has 0 aliphatic heterocycles. The van der Waals surface area contributed by atoms with E-state index in [2.05, 4.69) is 5.32 Å². The van der Waals surface area contributed by atoms with Crippen molar-refractivity contribution in [2.24, 2.45) is 5.92 Å². The molecule has 0 amide bonds. The summed E-state index contributed by atoms with van der Waals surface area (Å²) in [5, 5.41) is 5.19. The van der Waals surface area contributed by atoms with Crippen LogP contribution in [-0.4, -0.2) is 26.8 Å². The maximum atomic E-state index is 12.3. The fraction of sp³-hybridized carbons (Fsp3) is 0.692. The van der Waals surface area contributed by atoms with E-state index in [1.54, 1.807) is 12.1 Å². The van der Waals surface area contributed by atoms with E-state index >= 15 is 0 Å². The highest BCUT2D eigenvalue weighted by atomic mass is 32.2. The van der Waals surface area contributed by atoms with Crippen molar-refractivity contribution >= 4 is 21.2 Å². The van der Waals surface area contributed by atoms with Gasteiger partial charge in [-0.1, -0.05) is 25.8 Å². The summed E-state index contributed by atoms with van der Waals surface area (Å²) in [6, 6.07) is 3.62. The fourth-order valence-electron chi connectivity index (χ4n) is 2.74. The van der Waals surface area contributed by atoms with E-state index in [1.807, 2.05) is 12.3 Å². The average Bonchev–Trinajstić information content (AvgIpc) is 3.02. The molecule has 2 rings (SSSR count). The quantitative estimate of drug-likeness (QED) is 0.875. The third-order valence-corrected chi connectivity index (χ3v) is 6.89. The monoisotopic (exact) mass is 287 g/mol. The topological polar surface area (TPSA) is 46.2 Å². The molecule has 1 aliphatic carbocycles. The molecule has 1 fully saturated rings. The van der Waals surface area contributed by atoms with Gasteiger partial charge in [-0.3, -0.25) is 0 Å². The first-order chi connectivity index (χ1) is 8.63. The van der Waals surface area contributed by atoms with Gasteiger partial charge in [0.15, 0.2) is 9.84 Å². The molecule has 1 aliphatic rings. The Balaban J connectivity index is 2.08. The highest BCUT2D eigenvalue weighted by molar-refractivity contribution is 7.93. The largest absolute Gasteiger partial charge is 0.313 e. The highest BCUT2D eigenvalue weighted by Gasteiger charge is 2.29. The molecule has 102 valence electrons. The number of nitrogens with one attached hydrogen (secondary N) is 1. The highest BCUT2D eigenvalue weighted by Crippen LogP contribution is 2.29. The Morgan fingerprint density at radius 1 is 1.44 bits per heavy atom. The zero-order valence-electron chi connectivity index (χ0n) is 10.8. The second kappa shape index (κ2) is 6.17. The molecule has 0 spiro atoms. The first-order valence-electron chi connectivity index (χ1n) is 6.63. The van der Waals surface area contributed by atoms with Gasteiger partial charge in [0.25, 0.3) is 0 Å². The molecule has 1 atom stereocenters. The maximum absolute atomic E-state index is 12.3. The lowest BCUT2D eigenvalue weighted by molar-refractivity contribution is 0.389. The normalized spacial score (nSPS) is 19.2. The van der Waals surface area contributed by atoms with Crippen LogP contribution in [0.1, 0.15) is 32.6 Å². The molecule has 1 unspecified atom stereocenters. The van der Waals surface area contributed by atoms with Crippen LogP contribution < -0.4 is 5.32 Å². The lowest BCUT2D eigenvalue weighted by atomic mass is 10.00. The molecule has 1 aromatic heterocycles. The van der Waals surface area contributed by atoms with Crippen molar-refractivity contribution in [2.45, 2.75) is 42.9 Å². The molecule has 0 aromatic carbocycles. The molecule has 3 nitrogen and oxygen atoms in total. The van der Waals surface area contributed by atoms with Crippen LogP contribution in [0.2, 0.25) is 0 Å². The van der Waals surface area contributed by atoms with Gasteiger partial charge < -0.3 is 5.32 Å². The zero-order chi connectivity index (χ0) is 13.0. The molecular weight excluding hydrogens is 266 g/mol. The molecule has 1 heterocycles. The summed E-state index contributed by atoms with van der Waals surface area (Å²) >= 11 is 1.32. The number of rotatable bonds is 6. The van der Waals surface area contributed by atoms with E-state index in [9.17, 15) is 8.42 Å². The van der Waals surface area contributed by atoms with Gasteiger partial charge >= 0.3 is 0 Å². The van der Waals surface area contributed by atoms with Crippen LogP contribution in [0.25, 0.3) is 0 Å². The second-order valence-corrected chi connectivity index (χ2v) is 8.13. The summed E-state index contributed by atoms with van der Waals surface area (Å²) in [5.41, 5.74) is 0. The van der Waals surface area contributed by atoms with Gasteiger partial charge in [-0.2, -0.15) is 0 Å². The first kappa shape index (κ1) is 14.0. The standard InChI is InChI=1S/C13H21NO2S2/c1-2-14-12(11-6-3-4-7-11)10-18(15,16)13-8-5-9-17-13/h5,8-9,11-12,14H,2-4,6-7,10H2,1H3. The molecule has 0 saturated heterocycles. The van der Waals surface area contributed by atoms with E-state index in [4.69, 9.17) is 0 Å². The molecule has 1 aromatic rings. The van der Waals surface area contributed by atoms with Crippen molar-refractivity contribution in [3.63, 3.8) is 0 Å². The Morgan fingerprint density at radius 3 is 2.72 bits per heavy atom. The molecule has 1 saturated carbocycles. The van der Waals surface area contributed by atoms with Crippen LogP contribution in [0.5, 0.6) is 0 Å². The van der Waals surface area contributed by atoms with Gasteiger partial charge in [0.1, 0.15) is 4.21 Å². The van der Waals surface area contributed by atoms with E-state index in [1.165, 1.54) is 24.2 Å². The minimum absolute atomic E-state index is 0.115. The predicted molar refractivity (Wildman–Crippen MR) is 75.8 cm³/mol. The van der Waals surface area contributed by atoms with E-state index in [-0.39, 0.29) is 11.8 Å². The van der Waals surface area contributed by atoms with E-state index < -0.39 is 9.84 Å². The van der Waals surface area contributed by atoms with Crippen molar-refractivity contribution in [3.05, 3.63) is 17.5 Å². The summed E-state index contributed by atoms with van der Waals surface area (Å²) in [4.78, 5) is 0. The SMILES string of the molecule is CCNC(CS(=O)(=O)c1cccs1)C1CCCC1. The van der Waals surface area contributed by atoms with Crippen molar-refractivity contribution in [3.8, 4) is 0 Å². The lowest BCUT2D eigenvalue weighted by Gasteiger charge is -2.23.